The Balaban J connectivity index is 1.95. The number of aromatic nitrogens is 2. The highest BCUT2D eigenvalue weighted by Gasteiger charge is 2.24. The normalized spacial score (nSPS) is 11.2. The second-order valence-corrected chi connectivity index (χ2v) is 7.51. The molecule has 0 aliphatic rings. The lowest BCUT2D eigenvalue weighted by Gasteiger charge is -2.24. The third kappa shape index (κ3) is 3.62. The Labute approximate surface area is 155 Å². The van der Waals surface area contributed by atoms with E-state index in [0.29, 0.717) is 11.4 Å². The molecule has 2 heterocycles. The maximum absolute atomic E-state index is 12.8. The zero-order chi connectivity index (χ0) is 18.8. The summed E-state index contributed by atoms with van der Waals surface area (Å²) in [7, 11) is 0. The lowest BCUT2D eigenvalue weighted by molar-refractivity contribution is -0.138. The number of carbonyl (C=O) groups excluding carboxylic acids is 1. The van der Waals surface area contributed by atoms with Gasteiger partial charge < -0.3 is 10.0 Å². The molecule has 0 spiro atoms. The average molecular weight is 371 g/mol. The van der Waals surface area contributed by atoms with Crippen LogP contribution in [0, 0.1) is 6.92 Å². The second kappa shape index (κ2) is 7.29. The van der Waals surface area contributed by atoms with E-state index >= 15 is 0 Å². The van der Waals surface area contributed by atoms with Gasteiger partial charge in [0, 0.05) is 11.4 Å². The molecule has 0 aliphatic heterocycles. The van der Waals surface area contributed by atoms with E-state index in [-0.39, 0.29) is 18.5 Å². The Morgan fingerprint density at radius 2 is 1.96 bits per heavy atom. The monoisotopic (exact) mass is 371 g/mol. The minimum Gasteiger partial charge on any atom is -0.480 e. The van der Waals surface area contributed by atoms with E-state index in [1.165, 1.54) is 16.2 Å². The molecule has 3 aromatic rings. The van der Waals surface area contributed by atoms with Gasteiger partial charge in [0.05, 0.1) is 17.1 Å². The molecule has 2 aromatic heterocycles. The highest BCUT2D eigenvalue weighted by Crippen LogP contribution is 2.30. The van der Waals surface area contributed by atoms with Gasteiger partial charge in [-0.2, -0.15) is 5.10 Å². The summed E-state index contributed by atoms with van der Waals surface area (Å²) in [5, 5.41) is 14.6. The van der Waals surface area contributed by atoms with Crippen molar-refractivity contribution in [3.8, 4) is 0 Å². The van der Waals surface area contributed by atoms with E-state index in [9.17, 15) is 9.59 Å². The van der Waals surface area contributed by atoms with E-state index < -0.39 is 5.97 Å². The van der Waals surface area contributed by atoms with Crippen LogP contribution in [0.4, 0.5) is 0 Å². The van der Waals surface area contributed by atoms with Gasteiger partial charge in [-0.3, -0.25) is 14.3 Å². The number of carboxylic acids is 1. The maximum atomic E-state index is 12.8. The van der Waals surface area contributed by atoms with E-state index in [1.54, 1.807) is 0 Å². The van der Waals surface area contributed by atoms with Gasteiger partial charge in [-0.1, -0.05) is 30.3 Å². The average Bonchev–Trinajstić information content (AvgIpc) is 3.14. The van der Waals surface area contributed by atoms with Gasteiger partial charge >= 0.3 is 5.97 Å². The third-order valence-corrected chi connectivity index (χ3v) is 5.32. The van der Waals surface area contributed by atoms with Crippen molar-refractivity contribution in [3.63, 3.8) is 0 Å². The molecule has 0 bridgehead atoms. The highest BCUT2D eigenvalue weighted by atomic mass is 32.1. The molecule has 0 saturated heterocycles. The van der Waals surface area contributed by atoms with Gasteiger partial charge in [0.25, 0.3) is 5.91 Å². The van der Waals surface area contributed by atoms with Gasteiger partial charge in [-0.15, -0.1) is 11.3 Å². The summed E-state index contributed by atoms with van der Waals surface area (Å²) in [6.07, 6.45) is 0. The van der Waals surface area contributed by atoms with Crippen LogP contribution in [0.3, 0.4) is 0 Å². The first-order valence-electron chi connectivity index (χ1n) is 8.40. The van der Waals surface area contributed by atoms with Crippen molar-refractivity contribution in [2.24, 2.45) is 0 Å². The summed E-state index contributed by atoms with van der Waals surface area (Å²) in [5.41, 5.74) is 1.99. The molecular weight excluding hydrogens is 350 g/mol. The fourth-order valence-electron chi connectivity index (χ4n) is 2.86. The van der Waals surface area contributed by atoms with Gasteiger partial charge in [0.15, 0.2) is 0 Å². The summed E-state index contributed by atoms with van der Waals surface area (Å²) in [4.78, 5) is 26.7. The van der Waals surface area contributed by atoms with Crippen LogP contribution in [0.1, 0.15) is 34.8 Å². The lowest BCUT2D eigenvalue weighted by atomic mass is 10.2. The molecule has 0 atom stereocenters. The number of hydrogen-bond donors (Lipinski definition) is 1. The van der Waals surface area contributed by atoms with Crippen LogP contribution in [0.2, 0.25) is 0 Å². The highest BCUT2D eigenvalue weighted by molar-refractivity contribution is 7.20. The first kappa shape index (κ1) is 18.1. The van der Waals surface area contributed by atoms with Crippen LogP contribution in [0.15, 0.2) is 36.4 Å². The molecule has 0 saturated carbocycles. The molecule has 0 fully saturated rings. The minimum absolute atomic E-state index is 0.189. The van der Waals surface area contributed by atoms with Crippen molar-refractivity contribution in [2.45, 2.75) is 33.4 Å². The van der Waals surface area contributed by atoms with Crippen molar-refractivity contribution in [1.82, 2.24) is 14.7 Å². The van der Waals surface area contributed by atoms with Crippen molar-refractivity contribution in [3.05, 3.63) is 52.5 Å². The molecule has 0 aliphatic carbocycles. The molecule has 1 N–H and O–H groups in total. The molecule has 0 unspecified atom stereocenters. The number of aryl methyl sites for hydroxylation is 1. The molecular formula is C19H21N3O3S. The number of amides is 1. The van der Waals surface area contributed by atoms with Crippen molar-refractivity contribution in [2.75, 3.05) is 6.54 Å². The van der Waals surface area contributed by atoms with Gasteiger partial charge in [-0.05, 0) is 32.4 Å². The summed E-state index contributed by atoms with van der Waals surface area (Å²) >= 11 is 1.36. The third-order valence-electron chi connectivity index (χ3n) is 4.18. The quantitative estimate of drug-likeness (QED) is 0.721. The van der Waals surface area contributed by atoms with E-state index in [0.717, 1.165) is 21.5 Å². The second-order valence-electron chi connectivity index (χ2n) is 6.48. The number of aliphatic carboxylic acids is 1. The standard InChI is InChI=1S/C19H21N3O3S/c1-12(2)21(11-17(23)24)18(25)16-9-15-13(3)20-22(19(15)26-16)10-14-7-5-4-6-8-14/h4-9,12H,10-11H2,1-3H3,(H,23,24). The van der Waals surface area contributed by atoms with Crippen molar-refractivity contribution < 1.29 is 14.7 Å². The smallest absolute Gasteiger partial charge is 0.323 e. The molecule has 0 radical (unpaired) electrons. The van der Waals surface area contributed by atoms with Crippen LogP contribution >= 0.6 is 11.3 Å². The zero-order valence-electron chi connectivity index (χ0n) is 15.0. The number of rotatable bonds is 6. The Bertz CT molecular complexity index is 944. The Morgan fingerprint density at radius 3 is 2.58 bits per heavy atom. The summed E-state index contributed by atoms with van der Waals surface area (Å²) in [5.74, 6) is -1.27. The van der Waals surface area contributed by atoms with E-state index in [1.807, 2.05) is 61.9 Å². The number of benzene rings is 1. The predicted molar refractivity (Wildman–Crippen MR) is 102 cm³/mol. The van der Waals surface area contributed by atoms with Gasteiger partial charge in [0.2, 0.25) is 0 Å². The van der Waals surface area contributed by atoms with Crippen molar-refractivity contribution in [1.29, 1.82) is 0 Å². The SMILES string of the molecule is Cc1nn(Cc2ccccc2)c2sc(C(=O)N(CC(=O)O)C(C)C)cc12. The Morgan fingerprint density at radius 1 is 1.27 bits per heavy atom. The van der Waals surface area contributed by atoms with Crippen LogP contribution in [0.25, 0.3) is 10.2 Å². The lowest BCUT2D eigenvalue weighted by Crippen LogP contribution is -2.40. The van der Waals surface area contributed by atoms with Gasteiger partial charge in [0.1, 0.15) is 11.4 Å². The number of thiophene rings is 1. The maximum Gasteiger partial charge on any atom is 0.323 e. The topological polar surface area (TPSA) is 75.4 Å². The van der Waals surface area contributed by atoms with Gasteiger partial charge in [-0.25, -0.2) is 0 Å². The number of nitrogens with zero attached hydrogens (tertiary/aromatic N) is 3. The largest absolute Gasteiger partial charge is 0.480 e. The number of carbonyl (C=O) groups is 2. The van der Waals surface area contributed by atoms with Crippen LogP contribution in [0.5, 0.6) is 0 Å². The predicted octanol–water partition coefficient (Wildman–Crippen LogP) is 3.39. The number of fused-ring (bicyclic) bond motifs is 1. The fraction of sp³-hybridized carbons (Fsp3) is 0.316. The van der Waals surface area contributed by atoms with E-state index in [4.69, 9.17) is 5.11 Å². The first-order valence-corrected chi connectivity index (χ1v) is 9.22. The molecule has 3 rings (SSSR count). The summed E-state index contributed by atoms with van der Waals surface area (Å²) < 4.78 is 1.90. The van der Waals surface area contributed by atoms with E-state index in [2.05, 4.69) is 5.10 Å². The minimum atomic E-state index is -1.01. The fourth-order valence-corrected chi connectivity index (χ4v) is 3.97. The molecule has 26 heavy (non-hydrogen) atoms. The molecule has 1 aromatic carbocycles. The number of carboxylic acid groups (broad SMARTS) is 1. The molecule has 7 heteroatoms. The van der Waals surface area contributed by atoms with Crippen LogP contribution in [-0.2, 0) is 11.3 Å². The molecule has 136 valence electrons. The Hall–Kier alpha value is -2.67. The Kier molecular flexibility index (Phi) is 5.08. The molecule has 6 nitrogen and oxygen atoms in total. The zero-order valence-corrected chi connectivity index (χ0v) is 15.8. The summed E-state index contributed by atoms with van der Waals surface area (Å²) in [6, 6.07) is 11.6. The first-order chi connectivity index (χ1) is 12.4. The number of hydrogen-bond acceptors (Lipinski definition) is 4. The summed E-state index contributed by atoms with van der Waals surface area (Å²) in [6.45, 7) is 5.87. The van der Waals surface area contributed by atoms with Crippen LogP contribution < -0.4 is 0 Å². The van der Waals surface area contributed by atoms with Crippen LogP contribution in [-0.4, -0.2) is 44.3 Å². The molecule has 1 amide bonds. The van der Waals surface area contributed by atoms with Crippen molar-refractivity contribution >= 4 is 33.4 Å².